The van der Waals surface area contributed by atoms with E-state index in [9.17, 15) is 4.79 Å². The van der Waals surface area contributed by atoms with Crippen LogP contribution in [0.3, 0.4) is 0 Å². The normalized spacial score (nSPS) is 11.3. The second-order valence-electron chi connectivity index (χ2n) is 6.27. The van der Waals surface area contributed by atoms with Gasteiger partial charge in [-0.2, -0.15) is 0 Å². The zero-order chi connectivity index (χ0) is 19.6. The zero-order valence-electron chi connectivity index (χ0n) is 15.1. The van der Waals surface area contributed by atoms with Gasteiger partial charge in [0.15, 0.2) is 15.9 Å². The molecule has 0 fully saturated rings. The van der Waals surface area contributed by atoms with Gasteiger partial charge < -0.3 is 4.42 Å². The van der Waals surface area contributed by atoms with Crippen LogP contribution in [0.4, 0.5) is 0 Å². The van der Waals surface area contributed by atoms with Crippen molar-refractivity contribution in [2.45, 2.75) is 17.5 Å². The summed E-state index contributed by atoms with van der Waals surface area (Å²) in [5.41, 5.74) is 1.62. The molecule has 0 aliphatic rings. The van der Waals surface area contributed by atoms with E-state index in [2.05, 4.69) is 15.2 Å². The lowest BCUT2D eigenvalue weighted by Gasteiger charge is -2.09. The first-order valence-corrected chi connectivity index (χ1v) is 10.7. The maximum absolute atomic E-state index is 12.2. The van der Waals surface area contributed by atoms with Crippen molar-refractivity contribution in [2.24, 2.45) is 0 Å². The van der Waals surface area contributed by atoms with Gasteiger partial charge >= 0.3 is 0 Å². The molecule has 0 atom stereocenters. The standard InChI is InChI=1S/C20H15N5O2S2/c26-17-11-15(21-19-24(17)8-10-28-19)13-29-20-23-22-18(14-5-2-1-3-6-14)25(20)12-16-7-4-9-27-16/h1-11H,12-13H2. The van der Waals surface area contributed by atoms with Crippen LogP contribution in [-0.4, -0.2) is 24.1 Å². The highest BCUT2D eigenvalue weighted by Crippen LogP contribution is 2.27. The van der Waals surface area contributed by atoms with Crippen LogP contribution < -0.4 is 5.56 Å². The predicted octanol–water partition coefficient (Wildman–Crippen LogP) is 3.95. The lowest BCUT2D eigenvalue weighted by molar-refractivity contribution is 0.485. The number of thioether (sulfide) groups is 1. The first-order valence-electron chi connectivity index (χ1n) is 8.87. The smallest absolute Gasteiger partial charge is 0.258 e. The van der Waals surface area contributed by atoms with Crippen molar-refractivity contribution in [1.82, 2.24) is 24.1 Å². The van der Waals surface area contributed by atoms with E-state index in [0.717, 1.165) is 28.0 Å². The van der Waals surface area contributed by atoms with Crippen molar-refractivity contribution in [1.29, 1.82) is 0 Å². The average Bonchev–Trinajstić information content (AvgIpc) is 3.49. The van der Waals surface area contributed by atoms with Crippen molar-refractivity contribution < 1.29 is 4.42 Å². The van der Waals surface area contributed by atoms with E-state index in [1.807, 2.05) is 52.4 Å². The molecule has 144 valence electrons. The van der Waals surface area contributed by atoms with Crippen molar-refractivity contribution >= 4 is 28.1 Å². The van der Waals surface area contributed by atoms with Crippen LogP contribution in [0.15, 0.2) is 80.7 Å². The maximum atomic E-state index is 12.2. The van der Waals surface area contributed by atoms with Crippen LogP contribution >= 0.6 is 23.1 Å². The molecule has 0 amide bonds. The van der Waals surface area contributed by atoms with E-state index in [4.69, 9.17) is 4.42 Å². The summed E-state index contributed by atoms with van der Waals surface area (Å²) in [7, 11) is 0. The Morgan fingerprint density at radius 1 is 1.10 bits per heavy atom. The first kappa shape index (κ1) is 17.9. The van der Waals surface area contributed by atoms with Gasteiger partial charge in [-0.15, -0.1) is 21.5 Å². The average molecular weight is 422 g/mol. The number of benzene rings is 1. The van der Waals surface area contributed by atoms with Crippen LogP contribution in [0.5, 0.6) is 0 Å². The Bertz CT molecular complexity index is 1310. The highest BCUT2D eigenvalue weighted by Gasteiger charge is 2.16. The molecule has 5 aromatic rings. The van der Waals surface area contributed by atoms with Gasteiger partial charge in [-0.1, -0.05) is 42.1 Å². The number of hydrogen-bond donors (Lipinski definition) is 0. The Labute approximate surface area is 173 Å². The number of hydrogen-bond acceptors (Lipinski definition) is 7. The molecular weight excluding hydrogens is 406 g/mol. The fraction of sp³-hybridized carbons (Fsp3) is 0.100. The fourth-order valence-electron chi connectivity index (χ4n) is 3.00. The van der Waals surface area contributed by atoms with Crippen LogP contribution in [-0.2, 0) is 12.3 Å². The largest absolute Gasteiger partial charge is 0.467 e. The molecule has 0 spiro atoms. The summed E-state index contributed by atoms with van der Waals surface area (Å²) in [4.78, 5) is 17.5. The summed E-state index contributed by atoms with van der Waals surface area (Å²) in [6, 6.07) is 15.3. The molecule has 0 bridgehead atoms. The van der Waals surface area contributed by atoms with Crippen LogP contribution in [0.25, 0.3) is 16.3 Å². The minimum atomic E-state index is -0.0751. The van der Waals surface area contributed by atoms with E-state index in [-0.39, 0.29) is 5.56 Å². The van der Waals surface area contributed by atoms with Gasteiger partial charge in [0.2, 0.25) is 0 Å². The zero-order valence-corrected chi connectivity index (χ0v) is 16.8. The molecule has 0 aliphatic heterocycles. The van der Waals surface area contributed by atoms with Crippen molar-refractivity contribution in [3.05, 3.63) is 88.2 Å². The minimum Gasteiger partial charge on any atom is -0.467 e. The topological polar surface area (TPSA) is 78.2 Å². The summed E-state index contributed by atoms with van der Waals surface area (Å²) in [5.74, 6) is 2.11. The Kier molecular flexibility index (Phi) is 4.74. The van der Waals surface area contributed by atoms with Crippen molar-refractivity contribution in [2.75, 3.05) is 0 Å². The van der Waals surface area contributed by atoms with Gasteiger partial charge in [0.05, 0.1) is 18.5 Å². The molecule has 0 saturated carbocycles. The third-order valence-corrected chi connectivity index (χ3v) is 6.11. The Balaban J connectivity index is 1.47. The van der Waals surface area contributed by atoms with Gasteiger partial charge in [-0.3, -0.25) is 13.8 Å². The molecule has 9 heteroatoms. The molecule has 1 aromatic carbocycles. The van der Waals surface area contributed by atoms with Crippen LogP contribution in [0.2, 0.25) is 0 Å². The molecule has 4 heterocycles. The SMILES string of the molecule is O=c1cc(CSc2nnc(-c3ccccc3)n2Cc2ccco2)nc2sccn12. The second kappa shape index (κ2) is 7.69. The molecular formula is C20H15N5O2S2. The van der Waals surface area contributed by atoms with Gasteiger partial charge in [-0.25, -0.2) is 4.98 Å². The Morgan fingerprint density at radius 3 is 2.83 bits per heavy atom. The van der Waals surface area contributed by atoms with Gasteiger partial charge in [-0.05, 0) is 12.1 Å². The molecule has 0 unspecified atom stereocenters. The summed E-state index contributed by atoms with van der Waals surface area (Å²) in [5, 5.41) is 11.4. The number of thiazole rings is 1. The first-order chi connectivity index (χ1) is 14.3. The number of rotatable bonds is 6. The van der Waals surface area contributed by atoms with E-state index >= 15 is 0 Å². The van der Waals surface area contributed by atoms with E-state index < -0.39 is 0 Å². The van der Waals surface area contributed by atoms with Gasteiger partial charge in [0.25, 0.3) is 5.56 Å². The lowest BCUT2D eigenvalue weighted by Crippen LogP contribution is -2.12. The molecule has 29 heavy (non-hydrogen) atoms. The van der Waals surface area contributed by atoms with Crippen LogP contribution in [0, 0.1) is 0 Å². The second-order valence-corrected chi connectivity index (χ2v) is 8.08. The summed E-state index contributed by atoms with van der Waals surface area (Å²) in [6.45, 7) is 0.520. The third-order valence-electron chi connectivity index (χ3n) is 4.35. The molecule has 7 nitrogen and oxygen atoms in total. The van der Waals surface area contributed by atoms with Gasteiger partial charge in [0.1, 0.15) is 5.76 Å². The summed E-state index contributed by atoms with van der Waals surface area (Å²) < 4.78 is 9.10. The number of nitrogens with zero attached hydrogens (tertiary/aromatic N) is 5. The Hall–Kier alpha value is -3.17. The fourth-order valence-corrected chi connectivity index (χ4v) is 4.57. The molecule has 4 aromatic heterocycles. The number of furan rings is 1. The number of fused-ring (bicyclic) bond motifs is 1. The van der Waals surface area contributed by atoms with Crippen molar-refractivity contribution in [3.8, 4) is 11.4 Å². The molecule has 5 rings (SSSR count). The quantitative estimate of drug-likeness (QED) is 0.386. The monoisotopic (exact) mass is 421 g/mol. The molecule has 0 aliphatic carbocycles. The van der Waals surface area contributed by atoms with Gasteiger partial charge in [0, 0.05) is 29.0 Å². The summed E-state index contributed by atoms with van der Waals surface area (Å²) in [6.07, 6.45) is 3.39. The minimum absolute atomic E-state index is 0.0751. The lowest BCUT2D eigenvalue weighted by atomic mass is 10.2. The predicted molar refractivity (Wildman–Crippen MR) is 112 cm³/mol. The number of aromatic nitrogens is 5. The molecule has 0 N–H and O–H groups in total. The molecule has 0 saturated heterocycles. The van der Waals surface area contributed by atoms with E-state index in [0.29, 0.717) is 17.3 Å². The van der Waals surface area contributed by atoms with Crippen molar-refractivity contribution in [3.63, 3.8) is 0 Å². The highest BCUT2D eigenvalue weighted by molar-refractivity contribution is 7.98. The maximum Gasteiger partial charge on any atom is 0.258 e. The highest BCUT2D eigenvalue weighted by atomic mass is 32.2. The Morgan fingerprint density at radius 2 is 2.00 bits per heavy atom. The van der Waals surface area contributed by atoms with Crippen LogP contribution in [0.1, 0.15) is 11.5 Å². The summed E-state index contributed by atoms with van der Waals surface area (Å²) >= 11 is 2.94. The third kappa shape index (κ3) is 3.62. The van der Waals surface area contributed by atoms with E-state index in [1.54, 1.807) is 22.9 Å². The molecule has 0 radical (unpaired) electrons. The van der Waals surface area contributed by atoms with E-state index in [1.165, 1.54) is 23.1 Å².